The van der Waals surface area contributed by atoms with E-state index in [0.717, 1.165) is 43.2 Å². The van der Waals surface area contributed by atoms with Crippen molar-refractivity contribution in [2.75, 3.05) is 18.1 Å². The molecule has 1 aromatic rings. The lowest BCUT2D eigenvalue weighted by Gasteiger charge is -2.31. The molecule has 1 aliphatic carbocycles. The Bertz CT molecular complexity index is 829. The van der Waals surface area contributed by atoms with Gasteiger partial charge in [0.05, 0.1) is 12.4 Å². The molecule has 3 nitrogen and oxygen atoms in total. The Morgan fingerprint density at radius 3 is 2.35 bits per heavy atom. The van der Waals surface area contributed by atoms with E-state index in [2.05, 4.69) is 20.1 Å². The molecule has 1 aromatic carbocycles. The smallest absolute Gasteiger partial charge is 0.402 e. The summed E-state index contributed by atoms with van der Waals surface area (Å²) in [5.41, 5.74) is 2.27. The van der Waals surface area contributed by atoms with Gasteiger partial charge >= 0.3 is 6.18 Å². The number of hydrogen-bond acceptors (Lipinski definition) is 3. The molecule has 3 atom stereocenters. The van der Waals surface area contributed by atoms with Crippen molar-refractivity contribution >= 4 is 9.84 Å². The van der Waals surface area contributed by atoms with Gasteiger partial charge in [-0.25, -0.2) is 8.42 Å². The quantitative estimate of drug-likeness (QED) is 0.357. The summed E-state index contributed by atoms with van der Waals surface area (Å²) >= 11 is 0. The van der Waals surface area contributed by atoms with Crippen molar-refractivity contribution in [2.24, 2.45) is 11.8 Å². The van der Waals surface area contributed by atoms with Crippen LogP contribution >= 0.6 is 0 Å². The number of hydrogen-bond donors (Lipinski definition) is 0. The molecule has 1 fully saturated rings. The molecule has 7 heteroatoms. The Morgan fingerprint density at radius 2 is 1.81 bits per heavy atom. The van der Waals surface area contributed by atoms with E-state index in [0.29, 0.717) is 18.8 Å². The fourth-order valence-corrected chi connectivity index (χ4v) is 6.02. The second-order valence-corrected chi connectivity index (χ2v) is 10.6. The highest BCUT2D eigenvalue weighted by atomic mass is 32.2. The van der Waals surface area contributed by atoms with E-state index >= 15 is 0 Å². The number of benzene rings is 1. The van der Waals surface area contributed by atoms with Crippen molar-refractivity contribution < 1.29 is 26.3 Å². The van der Waals surface area contributed by atoms with Crippen LogP contribution in [0, 0.1) is 11.8 Å². The number of allylic oxidation sites excluding steroid dienone is 2. The summed E-state index contributed by atoms with van der Waals surface area (Å²) in [5.74, 6) is -1.67. The van der Waals surface area contributed by atoms with E-state index in [9.17, 15) is 21.6 Å². The van der Waals surface area contributed by atoms with Crippen LogP contribution in [0.2, 0.25) is 0 Å². The molecule has 0 spiro atoms. The summed E-state index contributed by atoms with van der Waals surface area (Å²) in [6.07, 6.45) is 2.03. The highest BCUT2D eigenvalue weighted by molar-refractivity contribution is 7.91. The average molecular weight is 459 g/mol. The number of rotatable bonds is 11. The van der Waals surface area contributed by atoms with Gasteiger partial charge in [0.1, 0.15) is 11.5 Å². The maximum absolute atomic E-state index is 12.6. The standard InChI is InChI=1S/C24H33F3O3S/c1-4-8-23(18(3)5-2)19-11-13-22(14-12-19)30-15-20-9-6-7-10-21(20)16-31(28,29)17-24(25,26)27/h4,11-14,20-21,23H,1,3,5-10,15-17H2,2H3. The lowest BCUT2D eigenvalue weighted by molar-refractivity contribution is -0.106. The fourth-order valence-electron chi connectivity index (χ4n) is 4.31. The summed E-state index contributed by atoms with van der Waals surface area (Å²) in [6, 6.07) is 7.76. The van der Waals surface area contributed by atoms with Gasteiger partial charge in [0, 0.05) is 5.92 Å². The van der Waals surface area contributed by atoms with Crippen LogP contribution in [0.15, 0.2) is 49.1 Å². The SMILES string of the molecule is C=CCC(C(=C)CC)c1ccc(OCC2CCCCC2CS(=O)(=O)CC(F)(F)F)cc1. The van der Waals surface area contributed by atoms with Crippen molar-refractivity contribution in [3.63, 3.8) is 0 Å². The Kier molecular flexibility index (Phi) is 9.22. The van der Waals surface area contributed by atoms with Gasteiger partial charge in [-0.2, -0.15) is 13.2 Å². The zero-order chi connectivity index (χ0) is 23.1. The van der Waals surface area contributed by atoms with E-state index in [1.165, 1.54) is 0 Å². The van der Waals surface area contributed by atoms with E-state index < -0.39 is 27.5 Å². The Hall–Kier alpha value is -1.76. The highest BCUT2D eigenvalue weighted by Gasteiger charge is 2.38. The molecule has 0 radical (unpaired) electrons. The number of alkyl halides is 3. The minimum Gasteiger partial charge on any atom is -0.493 e. The minimum absolute atomic E-state index is 0.0650. The van der Waals surface area contributed by atoms with Gasteiger partial charge in [0.15, 0.2) is 9.84 Å². The average Bonchev–Trinajstić information content (AvgIpc) is 2.69. The Balaban J connectivity index is 2.00. The van der Waals surface area contributed by atoms with Gasteiger partial charge in [0.25, 0.3) is 0 Å². The molecule has 3 unspecified atom stereocenters. The second kappa shape index (κ2) is 11.2. The molecule has 0 bridgehead atoms. The van der Waals surface area contributed by atoms with E-state index in [1.54, 1.807) is 0 Å². The van der Waals surface area contributed by atoms with Crippen molar-refractivity contribution in [3.8, 4) is 5.75 Å². The highest BCUT2D eigenvalue weighted by Crippen LogP contribution is 2.34. The van der Waals surface area contributed by atoms with Crippen LogP contribution in [0.4, 0.5) is 13.2 Å². The van der Waals surface area contributed by atoms with Crippen LogP contribution in [0.5, 0.6) is 5.75 Å². The van der Waals surface area contributed by atoms with Crippen LogP contribution in [0.25, 0.3) is 0 Å². The first-order valence-corrected chi connectivity index (χ1v) is 12.6. The molecule has 0 N–H and O–H groups in total. The maximum atomic E-state index is 12.6. The van der Waals surface area contributed by atoms with Gasteiger partial charge in [-0.05, 0) is 55.2 Å². The molecule has 174 valence electrons. The zero-order valence-electron chi connectivity index (χ0n) is 18.2. The predicted molar refractivity (Wildman–Crippen MR) is 119 cm³/mol. The first kappa shape index (κ1) is 25.5. The molecule has 2 rings (SSSR count). The van der Waals surface area contributed by atoms with Gasteiger partial charge in [-0.1, -0.05) is 50.1 Å². The molecular formula is C24H33F3O3S. The predicted octanol–water partition coefficient (Wildman–Crippen LogP) is 6.47. The van der Waals surface area contributed by atoms with Crippen LogP contribution in [0.1, 0.15) is 56.9 Å². The lowest BCUT2D eigenvalue weighted by atomic mass is 9.81. The molecule has 1 aliphatic rings. The molecule has 0 heterocycles. The fraction of sp³-hybridized carbons (Fsp3) is 0.583. The lowest BCUT2D eigenvalue weighted by Crippen LogP contribution is -2.34. The van der Waals surface area contributed by atoms with Gasteiger partial charge in [-0.15, -0.1) is 6.58 Å². The van der Waals surface area contributed by atoms with Crippen molar-refractivity contribution in [1.82, 2.24) is 0 Å². The Morgan fingerprint density at radius 1 is 1.19 bits per heavy atom. The van der Waals surface area contributed by atoms with Crippen LogP contribution in [-0.4, -0.2) is 32.7 Å². The molecule has 0 aliphatic heterocycles. The zero-order valence-corrected chi connectivity index (χ0v) is 19.0. The third-order valence-corrected chi connectivity index (χ3v) is 7.72. The summed E-state index contributed by atoms with van der Waals surface area (Å²) in [4.78, 5) is 0. The first-order valence-electron chi connectivity index (χ1n) is 10.8. The number of halogens is 3. The molecule has 0 amide bonds. The maximum Gasteiger partial charge on any atom is 0.402 e. The largest absolute Gasteiger partial charge is 0.493 e. The van der Waals surface area contributed by atoms with Gasteiger partial charge in [-0.3, -0.25) is 0 Å². The van der Waals surface area contributed by atoms with E-state index in [1.807, 2.05) is 30.3 Å². The van der Waals surface area contributed by atoms with E-state index in [-0.39, 0.29) is 17.8 Å². The molecule has 0 saturated heterocycles. The van der Waals surface area contributed by atoms with Crippen molar-refractivity contribution in [2.45, 2.75) is 57.5 Å². The van der Waals surface area contributed by atoms with Crippen LogP contribution < -0.4 is 4.74 Å². The normalized spacial score (nSPS) is 20.8. The first-order chi connectivity index (χ1) is 14.5. The topological polar surface area (TPSA) is 43.4 Å². The van der Waals surface area contributed by atoms with Gasteiger partial charge < -0.3 is 4.74 Å². The monoisotopic (exact) mass is 458 g/mol. The minimum atomic E-state index is -4.70. The molecule has 1 saturated carbocycles. The summed E-state index contributed by atoms with van der Waals surface area (Å²) in [5, 5.41) is 0. The summed E-state index contributed by atoms with van der Waals surface area (Å²) in [6.45, 7) is 10.4. The number of sulfone groups is 1. The van der Waals surface area contributed by atoms with Crippen molar-refractivity contribution in [3.05, 3.63) is 54.6 Å². The molecule has 0 aromatic heterocycles. The van der Waals surface area contributed by atoms with Crippen LogP contribution in [0.3, 0.4) is 0 Å². The van der Waals surface area contributed by atoms with Crippen molar-refractivity contribution in [1.29, 1.82) is 0 Å². The van der Waals surface area contributed by atoms with Crippen LogP contribution in [-0.2, 0) is 9.84 Å². The molecular weight excluding hydrogens is 425 g/mol. The molecule has 31 heavy (non-hydrogen) atoms. The number of ether oxygens (including phenoxy) is 1. The third-order valence-electron chi connectivity index (χ3n) is 6.01. The Labute approximate surface area is 184 Å². The third kappa shape index (κ3) is 8.36. The van der Waals surface area contributed by atoms with E-state index in [4.69, 9.17) is 4.74 Å². The van der Waals surface area contributed by atoms with Gasteiger partial charge in [0.2, 0.25) is 0 Å². The second-order valence-electron chi connectivity index (χ2n) is 8.44. The summed E-state index contributed by atoms with van der Waals surface area (Å²) in [7, 11) is -4.18. The summed E-state index contributed by atoms with van der Waals surface area (Å²) < 4.78 is 67.6.